The van der Waals surface area contributed by atoms with Gasteiger partial charge in [-0.2, -0.15) is 15.2 Å². The summed E-state index contributed by atoms with van der Waals surface area (Å²) in [5.41, 5.74) is 5.18. The number of anilines is 2. The van der Waals surface area contributed by atoms with Crippen molar-refractivity contribution >= 4 is 45.9 Å². The maximum atomic E-state index is 14.1. The molecule has 0 amide bonds. The molecule has 0 bridgehead atoms. The first-order valence-corrected chi connectivity index (χ1v) is 10.7. The summed E-state index contributed by atoms with van der Waals surface area (Å²) in [7, 11) is 0. The lowest BCUT2D eigenvalue weighted by Gasteiger charge is -2.23. The second kappa shape index (κ2) is 9.21. The Hall–Kier alpha value is -3.81. The highest BCUT2D eigenvalue weighted by Crippen LogP contribution is 2.29. The Morgan fingerprint density at radius 3 is 2.53 bits per heavy atom. The van der Waals surface area contributed by atoms with Gasteiger partial charge < -0.3 is 11.1 Å². The molecule has 34 heavy (non-hydrogen) atoms. The minimum Gasteiger partial charge on any atom is -0.368 e. The predicted octanol–water partition coefficient (Wildman–Crippen LogP) is 4.78. The standard InChI is InChI=1S/C22H15Cl2F2N7O/c1-2-15(29-19-13(9-27)18(24)31-22(28)32-19)20-30-16-5-3-4-14(23)17(16)21(34)33(20)12-7-10(25)6-11(26)8-12/h3-8,15H,2H2,1H3,(H3,28,29,31,32). The average molecular weight is 502 g/mol. The second-order valence-electron chi connectivity index (χ2n) is 7.19. The first-order chi connectivity index (χ1) is 16.2. The number of nitrogens with one attached hydrogen (secondary N) is 1. The zero-order chi connectivity index (χ0) is 24.6. The first-order valence-electron chi connectivity index (χ1n) is 9.90. The van der Waals surface area contributed by atoms with Gasteiger partial charge in [0.15, 0.2) is 11.0 Å². The van der Waals surface area contributed by atoms with E-state index < -0.39 is 23.2 Å². The van der Waals surface area contributed by atoms with Crippen LogP contribution < -0.4 is 16.6 Å². The van der Waals surface area contributed by atoms with E-state index >= 15 is 0 Å². The maximum Gasteiger partial charge on any atom is 0.267 e. The highest BCUT2D eigenvalue weighted by molar-refractivity contribution is 6.35. The van der Waals surface area contributed by atoms with E-state index in [0.29, 0.717) is 12.5 Å². The molecule has 0 spiro atoms. The Labute approximate surface area is 201 Å². The van der Waals surface area contributed by atoms with Crippen LogP contribution in [0, 0.1) is 23.0 Å². The van der Waals surface area contributed by atoms with Crippen molar-refractivity contribution in [3.05, 3.63) is 80.0 Å². The number of benzene rings is 2. The fourth-order valence-electron chi connectivity index (χ4n) is 3.53. The smallest absolute Gasteiger partial charge is 0.267 e. The molecule has 1 unspecified atom stereocenters. The Morgan fingerprint density at radius 2 is 1.88 bits per heavy atom. The van der Waals surface area contributed by atoms with Gasteiger partial charge in [0, 0.05) is 6.07 Å². The van der Waals surface area contributed by atoms with Crippen molar-refractivity contribution in [3.8, 4) is 11.8 Å². The van der Waals surface area contributed by atoms with Crippen molar-refractivity contribution in [1.29, 1.82) is 5.26 Å². The molecule has 1 atom stereocenters. The van der Waals surface area contributed by atoms with Crippen LogP contribution in [0.1, 0.15) is 30.8 Å². The van der Waals surface area contributed by atoms with E-state index in [1.807, 2.05) is 6.07 Å². The number of hydrogen-bond acceptors (Lipinski definition) is 7. The summed E-state index contributed by atoms with van der Waals surface area (Å²) in [4.78, 5) is 25.9. The predicted molar refractivity (Wildman–Crippen MR) is 125 cm³/mol. The number of aromatic nitrogens is 4. The van der Waals surface area contributed by atoms with Gasteiger partial charge in [0.1, 0.15) is 29.1 Å². The molecule has 12 heteroatoms. The summed E-state index contributed by atoms with van der Waals surface area (Å²) >= 11 is 12.3. The van der Waals surface area contributed by atoms with E-state index in [-0.39, 0.29) is 49.9 Å². The number of nitrogens with zero attached hydrogens (tertiary/aromatic N) is 5. The summed E-state index contributed by atoms with van der Waals surface area (Å²) in [6, 6.07) is 8.57. The third-order valence-corrected chi connectivity index (χ3v) is 5.59. The summed E-state index contributed by atoms with van der Waals surface area (Å²) in [6.07, 6.45) is 0.322. The van der Waals surface area contributed by atoms with Gasteiger partial charge in [0.2, 0.25) is 5.95 Å². The second-order valence-corrected chi connectivity index (χ2v) is 7.95. The molecule has 4 aromatic rings. The van der Waals surface area contributed by atoms with Crippen LogP contribution in [-0.2, 0) is 0 Å². The van der Waals surface area contributed by atoms with E-state index in [1.54, 1.807) is 19.1 Å². The molecule has 2 aromatic carbocycles. The van der Waals surface area contributed by atoms with Crippen LogP contribution in [0.15, 0.2) is 41.2 Å². The minimum atomic E-state index is -0.879. The van der Waals surface area contributed by atoms with Crippen LogP contribution in [0.4, 0.5) is 20.5 Å². The van der Waals surface area contributed by atoms with E-state index in [4.69, 9.17) is 28.9 Å². The fraction of sp³-hybridized carbons (Fsp3) is 0.136. The molecule has 3 N–H and O–H groups in total. The van der Waals surface area contributed by atoms with Crippen molar-refractivity contribution in [2.45, 2.75) is 19.4 Å². The van der Waals surface area contributed by atoms with Gasteiger partial charge >= 0.3 is 0 Å². The van der Waals surface area contributed by atoms with Crippen molar-refractivity contribution in [1.82, 2.24) is 19.5 Å². The average Bonchev–Trinajstić information content (AvgIpc) is 2.76. The van der Waals surface area contributed by atoms with Gasteiger partial charge in [-0.3, -0.25) is 9.36 Å². The van der Waals surface area contributed by atoms with Gasteiger partial charge in [-0.1, -0.05) is 36.2 Å². The molecule has 0 aliphatic rings. The molecule has 0 fully saturated rings. The third kappa shape index (κ3) is 4.23. The highest BCUT2D eigenvalue weighted by atomic mass is 35.5. The minimum absolute atomic E-state index is 0.0178. The van der Waals surface area contributed by atoms with Gasteiger partial charge in [0.05, 0.1) is 27.7 Å². The lowest BCUT2D eigenvalue weighted by molar-refractivity contribution is 0.578. The van der Waals surface area contributed by atoms with Gasteiger partial charge in [-0.15, -0.1) is 0 Å². The van der Waals surface area contributed by atoms with Gasteiger partial charge in [-0.05, 0) is 30.7 Å². The lowest BCUT2D eigenvalue weighted by atomic mass is 10.1. The number of nitrogens with two attached hydrogens (primary N) is 1. The summed E-state index contributed by atoms with van der Waals surface area (Å²) in [5.74, 6) is -1.82. The summed E-state index contributed by atoms with van der Waals surface area (Å²) in [6.45, 7) is 1.78. The Morgan fingerprint density at radius 1 is 1.18 bits per heavy atom. The first kappa shape index (κ1) is 23.4. The molecule has 4 rings (SSSR count). The lowest BCUT2D eigenvalue weighted by Crippen LogP contribution is -2.29. The quantitative estimate of drug-likeness (QED) is 0.377. The molecule has 0 aliphatic carbocycles. The van der Waals surface area contributed by atoms with Crippen molar-refractivity contribution in [2.75, 3.05) is 11.1 Å². The zero-order valence-corrected chi connectivity index (χ0v) is 19.0. The van der Waals surface area contributed by atoms with E-state index in [9.17, 15) is 18.8 Å². The fourth-order valence-corrected chi connectivity index (χ4v) is 3.99. The number of rotatable bonds is 5. The normalized spacial score (nSPS) is 11.9. The molecular weight excluding hydrogens is 487 g/mol. The number of hydrogen-bond donors (Lipinski definition) is 2. The number of fused-ring (bicyclic) bond motifs is 1. The Balaban J connectivity index is 2.01. The molecule has 8 nitrogen and oxygen atoms in total. The molecule has 0 aliphatic heterocycles. The topological polar surface area (TPSA) is 123 Å². The van der Waals surface area contributed by atoms with Crippen molar-refractivity contribution < 1.29 is 8.78 Å². The van der Waals surface area contributed by atoms with Gasteiger partial charge in [0.25, 0.3) is 5.56 Å². The summed E-state index contributed by atoms with van der Waals surface area (Å²) < 4.78 is 29.2. The molecule has 2 heterocycles. The molecule has 0 radical (unpaired) electrons. The van der Waals surface area contributed by atoms with Crippen LogP contribution in [0.3, 0.4) is 0 Å². The number of nitriles is 1. The molecule has 0 saturated carbocycles. The van der Waals surface area contributed by atoms with E-state index in [2.05, 4.69) is 20.3 Å². The Bertz CT molecular complexity index is 1510. The molecular formula is C22H15Cl2F2N7O. The third-order valence-electron chi connectivity index (χ3n) is 5.00. The zero-order valence-electron chi connectivity index (χ0n) is 17.5. The van der Waals surface area contributed by atoms with Crippen molar-refractivity contribution in [3.63, 3.8) is 0 Å². The SMILES string of the molecule is CCC(Nc1nc(N)nc(Cl)c1C#N)c1nc2cccc(Cl)c2c(=O)n1-c1cc(F)cc(F)c1. The van der Waals surface area contributed by atoms with Crippen LogP contribution in [-0.4, -0.2) is 19.5 Å². The Kier molecular flexibility index (Phi) is 6.32. The van der Waals surface area contributed by atoms with Crippen molar-refractivity contribution in [2.24, 2.45) is 0 Å². The molecule has 0 saturated heterocycles. The van der Waals surface area contributed by atoms with Crippen LogP contribution in [0.25, 0.3) is 16.6 Å². The monoisotopic (exact) mass is 501 g/mol. The maximum absolute atomic E-state index is 14.1. The van der Waals surface area contributed by atoms with E-state index in [0.717, 1.165) is 16.7 Å². The van der Waals surface area contributed by atoms with Crippen LogP contribution in [0.2, 0.25) is 10.2 Å². The van der Waals surface area contributed by atoms with Crippen LogP contribution >= 0.6 is 23.2 Å². The molecule has 172 valence electrons. The summed E-state index contributed by atoms with van der Waals surface area (Å²) in [5, 5.41) is 12.6. The van der Waals surface area contributed by atoms with Gasteiger partial charge in [-0.25, -0.2) is 13.8 Å². The number of nitrogen functional groups attached to an aromatic ring is 1. The van der Waals surface area contributed by atoms with E-state index in [1.165, 1.54) is 6.07 Å². The highest BCUT2D eigenvalue weighted by Gasteiger charge is 2.24. The van der Waals surface area contributed by atoms with Crippen LogP contribution in [0.5, 0.6) is 0 Å². The number of halogens is 4. The largest absolute Gasteiger partial charge is 0.368 e. The molecule has 2 aromatic heterocycles.